The molecule has 3 N–H and O–H groups in total. The smallest absolute Gasteiger partial charge is 0.240 e. The van der Waals surface area contributed by atoms with Gasteiger partial charge in [-0.1, -0.05) is 0 Å². The molecule has 5 heteroatoms. The van der Waals surface area contributed by atoms with Crippen molar-refractivity contribution in [1.29, 1.82) is 0 Å². The minimum Gasteiger partial charge on any atom is -0.350 e. The minimum absolute atomic E-state index is 0.0624. The van der Waals surface area contributed by atoms with Gasteiger partial charge in [0.05, 0.1) is 11.2 Å². The zero-order valence-electron chi connectivity index (χ0n) is 11.6. The van der Waals surface area contributed by atoms with Gasteiger partial charge in [-0.25, -0.2) is 0 Å². The van der Waals surface area contributed by atoms with E-state index in [1.807, 2.05) is 32.5 Å². The number of carbonyl (C=O) groups excluding carboxylic acids is 1. The summed E-state index contributed by atoms with van der Waals surface area (Å²) in [6.07, 6.45) is 2.12. The first-order valence-corrected chi connectivity index (χ1v) is 6.40. The lowest BCUT2D eigenvalue weighted by molar-refractivity contribution is -0.126. The SMILES string of the molecule is Cc1nn(C)c(C)c1CNC(=O)C(C)(N)C1CC1. The summed E-state index contributed by atoms with van der Waals surface area (Å²) in [5.41, 5.74) is 8.47. The van der Waals surface area contributed by atoms with Crippen molar-refractivity contribution in [2.24, 2.45) is 18.7 Å². The number of nitrogens with zero attached hydrogens (tertiary/aromatic N) is 2. The fourth-order valence-electron chi connectivity index (χ4n) is 2.30. The van der Waals surface area contributed by atoms with Crippen molar-refractivity contribution < 1.29 is 4.79 Å². The lowest BCUT2D eigenvalue weighted by Gasteiger charge is -2.23. The quantitative estimate of drug-likeness (QED) is 0.829. The fourth-order valence-corrected chi connectivity index (χ4v) is 2.30. The zero-order valence-corrected chi connectivity index (χ0v) is 11.6. The van der Waals surface area contributed by atoms with Gasteiger partial charge in [0.2, 0.25) is 5.91 Å². The van der Waals surface area contributed by atoms with Crippen LogP contribution in [0.3, 0.4) is 0 Å². The molecular weight excluding hydrogens is 228 g/mol. The van der Waals surface area contributed by atoms with Crippen LogP contribution >= 0.6 is 0 Å². The molecule has 0 spiro atoms. The number of hydrogen-bond donors (Lipinski definition) is 2. The first kappa shape index (κ1) is 13.1. The van der Waals surface area contributed by atoms with E-state index in [9.17, 15) is 4.79 Å². The molecule has 0 bridgehead atoms. The normalized spacial score (nSPS) is 18.5. The molecule has 1 heterocycles. The van der Waals surface area contributed by atoms with E-state index in [1.54, 1.807) is 0 Å². The maximum absolute atomic E-state index is 12.1. The molecule has 1 amide bonds. The van der Waals surface area contributed by atoms with Crippen molar-refractivity contribution in [1.82, 2.24) is 15.1 Å². The van der Waals surface area contributed by atoms with Gasteiger partial charge in [0, 0.05) is 24.8 Å². The second-order valence-corrected chi connectivity index (χ2v) is 5.51. The van der Waals surface area contributed by atoms with E-state index in [1.165, 1.54) is 0 Å². The number of aromatic nitrogens is 2. The van der Waals surface area contributed by atoms with Crippen LogP contribution < -0.4 is 11.1 Å². The molecule has 1 fully saturated rings. The van der Waals surface area contributed by atoms with Gasteiger partial charge in [0.25, 0.3) is 0 Å². The molecule has 0 aliphatic heterocycles. The average molecular weight is 250 g/mol. The van der Waals surface area contributed by atoms with Crippen LogP contribution in [-0.2, 0) is 18.4 Å². The number of hydrogen-bond acceptors (Lipinski definition) is 3. The van der Waals surface area contributed by atoms with E-state index >= 15 is 0 Å². The zero-order chi connectivity index (χ0) is 13.5. The third-order valence-electron chi connectivity index (χ3n) is 4.00. The van der Waals surface area contributed by atoms with E-state index in [0.717, 1.165) is 29.8 Å². The van der Waals surface area contributed by atoms with E-state index in [2.05, 4.69) is 10.4 Å². The lowest BCUT2D eigenvalue weighted by atomic mass is 9.96. The van der Waals surface area contributed by atoms with Gasteiger partial charge >= 0.3 is 0 Å². The molecule has 0 aromatic carbocycles. The van der Waals surface area contributed by atoms with Gasteiger partial charge in [-0.15, -0.1) is 0 Å². The Kier molecular flexibility index (Phi) is 3.19. The lowest BCUT2D eigenvalue weighted by Crippen LogP contribution is -2.53. The summed E-state index contributed by atoms with van der Waals surface area (Å²) >= 11 is 0. The third-order valence-corrected chi connectivity index (χ3v) is 4.00. The van der Waals surface area contributed by atoms with Crippen molar-refractivity contribution >= 4 is 5.91 Å². The van der Waals surface area contributed by atoms with Gasteiger partial charge < -0.3 is 11.1 Å². The molecule has 0 saturated heterocycles. The van der Waals surface area contributed by atoms with E-state index < -0.39 is 5.54 Å². The Labute approximate surface area is 108 Å². The van der Waals surface area contributed by atoms with Gasteiger partial charge in [0.15, 0.2) is 0 Å². The number of carbonyl (C=O) groups is 1. The summed E-state index contributed by atoms with van der Waals surface area (Å²) in [4.78, 5) is 12.1. The Morgan fingerprint density at radius 2 is 2.17 bits per heavy atom. The van der Waals surface area contributed by atoms with Crippen molar-refractivity contribution in [2.45, 2.75) is 45.7 Å². The number of rotatable bonds is 4. The van der Waals surface area contributed by atoms with Gasteiger partial charge in [-0.05, 0) is 39.5 Å². The minimum atomic E-state index is -0.732. The molecule has 1 aromatic rings. The molecule has 1 aliphatic carbocycles. The monoisotopic (exact) mass is 250 g/mol. The molecule has 5 nitrogen and oxygen atoms in total. The summed E-state index contributed by atoms with van der Waals surface area (Å²) in [7, 11) is 1.91. The Balaban J connectivity index is 2.01. The number of nitrogens with two attached hydrogens (primary N) is 1. The van der Waals surface area contributed by atoms with Crippen LogP contribution in [-0.4, -0.2) is 21.2 Å². The second kappa shape index (κ2) is 4.39. The highest BCUT2D eigenvalue weighted by atomic mass is 16.2. The number of nitrogens with one attached hydrogen (secondary N) is 1. The highest BCUT2D eigenvalue weighted by Gasteiger charge is 2.43. The second-order valence-electron chi connectivity index (χ2n) is 5.51. The van der Waals surface area contributed by atoms with Crippen LogP contribution in [0.1, 0.15) is 36.7 Å². The van der Waals surface area contributed by atoms with Crippen LogP contribution in [0.4, 0.5) is 0 Å². The van der Waals surface area contributed by atoms with Crippen molar-refractivity contribution in [3.05, 3.63) is 17.0 Å². The molecule has 1 unspecified atom stereocenters. The van der Waals surface area contributed by atoms with Crippen molar-refractivity contribution in [2.75, 3.05) is 0 Å². The topological polar surface area (TPSA) is 72.9 Å². The van der Waals surface area contributed by atoms with Crippen molar-refractivity contribution in [3.63, 3.8) is 0 Å². The Hall–Kier alpha value is -1.36. The number of amides is 1. The Bertz CT molecular complexity index is 472. The van der Waals surface area contributed by atoms with Gasteiger partial charge in [-0.2, -0.15) is 5.10 Å². The maximum atomic E-state index is 12.1. The Morgan fingerprint density at radius 3 is 2.61 bits per heavy atom. The van der Waals surface area contributed by atoms with Crippen LogP contribution in [0.25, 0.3) is 0 Å². The van der Waals surface area contributed by atoms with E-state index in [-0.39, 0.29) is 5.91 Å². The van der Waals surface area contributed by atoms with Crippen LogP contribution in [0.2, 0.25) is 0 Å². The summed E-state index contributed by atoms with van der Waals surface area (Å²) in [6, 6.07) is 0. The standard InChI is InChI=1S/C13H22N4O/c1-8-11(9(2)17(4)16-8)7-15-12(18)13(3,14)10-5-6-10/h10H,5-7,14H2,1-4H3,(H,15,18). The van der Waals surface area contributed by atoms with Gasteiger partial charge in [0.1, 0.15) is 0 Å². The Morgan fingerprint density at radius 1 is 1.56 bits per heavy atom. The first-order chi connectivity index (χ1) is 8.34. The molecule has 1 saturated carbocycles. The molecule has 1 aromatic heterocycles. The summed E-state index contributed by atoms with van der Waals surface area (Å²) in [6.45, 7) is 6.29. The predicted molar refractivity (Wildman–Crippen MR) is 69.8 cm³/mol. The molecule has 1 atom stereocenters. The molecular formula is C13H22N4O. The number of aryl methyl sites for hydroxylation is 2. The summed E-state index contributed by atoms with van der Waals surface area (Å²) in [5, 5.41) is 7.27. The molecule has 100 valence electrons. The summed E-state index contributed by atoms with van der Waals surface area (Å²) in [5.74, 6) is 0.279. The van der Waals surface area contributed by atoms with Crippen LogP contribution in [0.5, 0.6) is 0 Å². The predicted octanol–water partition coefficient (Wildman–Crippen LogP) is 0.781. The van der Waals surface area contributed by atoms with Crippen LogP contribution in [0.15, 0.2) is 0 Å². The first-order valence-electron chi connectivity index (χ1n) is 6.40. The fraction of sp³-hybridized carbons (Fsp3) is 0.692. The molecule has 1 aliphatic rings. The molecule has 18 heavy (non-hydrogen) atoms. The third kappa shape index (κ3) is 2.27. The van der Waals surface area contributed by atoms with Crippen molar-refractivity contribution in [3.8, 4) is 0 Å². The maximum Gasteiger partial charge on any atom is 0.240 e. The van der Waals surface area contributed by atoms with E-state index in [0.29, 0.717) is 12.5 Å². The largest absolute Gasteiger partial charge is 0.350 e. The highest BCUT2D eigenvalue weighted by molar-refractivity contribution is 5.86. The van der Waals surface area contributed by atoms with Gasteiger partial charge in [-0.3, -0.25) is 9.48 Å². The highest BCUT2D eigenvalue weighted by Crippen LogP contribution is 2.38. The van der Waals surface area contributed by atoms with Crippen LogP contribution in [0, 0.1) is 19.8 Å². The van der Waals surface area contributed by atoms with E-state index in [4.69, 9.17) is 5.73 Å². The average Bonchev–Trinajstić information content (AvgIpc) is 3.09. The summed E-state index contributed by atoms with van der Waals surface area (Å²) < 4.78 is 1.83. The molecule has 0 radical (unpaired) electrons. The molecule has 2 rings (SSSR count).